The molecule has 0 fully saturated rings. The number of ether oxygens (including phenoxy) is 1. The molecule has 1 aromatic rings. The highest BCUT2D eigenvalue weighted by Crippen LogP contribution is 2.17. The summed E-state index contributed by atoms with van der Waals surface area (Å²) >= 11 is 1.64. The normalized spacial score (nSPS) is 18.1. The van der Waals surface area contributed by atoms with Crippen molar-refractivity contribution >= 4 is 30.0 Å². The van der Waals surface area contributed by atoms with Gasteiger partial charge in [0.05, 0.1) is 6.04 Å². The summed E-state index contributed by atoms with van der Waals surface area (Å²) < 4.78 is 5.86. The van der Waals surface area contributed by atoms with Gasteiger partial charge >= 0.3 is 0 Å². The van der Waals surface area contributed by atoms with Gasteiger partial charge in [0.15, 0.2) is 0 Å². The molecule has 1 aromatic carbocycles. The second kappa shape index (κ2) is 11.7. The highest BCUT2D eigenvalue weighted by molar-refractivity contribution is 7.98. The average molecular weight is 406 g/mol. The summed E-state index contributed by atoms with van der Waals surface area (Å²) in [6.45, 7) is 4.73. The standard InChI is InChI=1S/C21H31N3O3S/c1-15(2)11-19(24-20(26)18(22-14-25)9-10-28-3)21-23-17(13-27-21)12-16-7-5-4-6-8-16/h4-8,14-15,17-19H,9-13H2,1-3H3,(H,22,25)(H,24,26)/t17-,18-,19-/m0/s1. The second-order valence-electron chi connectivity index (χ2n) is 7.43. The Morgan fingerprint density at radius 3 is 2.75 bits per heavy atom. The van der Waals surface area contributed by atoms with E-state index in [1.54, 1.807) is 11.8 Å². The van der Waals surface area contributed by atoms with E-state index >= 15 is 0 Å². The Balaban J connectivity index is 2.04. The first kappa shape index (κ1) is 22.3. The highest BCUT2D eigenvalue weighted by atomic mass is 32.2. The van der Waals surface area contributed by atoms with Crippen LogP contribution in [0, 0.1) is 5.92 Å². The third-order valence-corrected chi connectivity index (χ3v) is 5.21. The summed E-state index contributed by atoms with van der Waals surface area (Å²) in [5.41, 5.74) is 1.22. The van der Waals surface area contributed by atoms with Gasteiger partial charge in [0.2, 0.25) is 18.2 Å². The zero-order valence-corrected chi connectivity index (χ0v) is 17.7. The molecule has 0 aromatic heterocycles. The lowest BCUT2D eigenvalue weighted by molar-refractivity contribution is -0.125. The van der Waals surface area contributed by atoms with Gasteiger partial charge in [-0.15, -0.1) is 0 Å². The molecular formula is C21H31N3O3S. The van der Waals surface area contributed by atoms with Crippen molar-refractivity contribution in [3.05, 3.63) is 35.9 Å². The van der Waals surface area contributed by atoms with E-state index in [-0.39, 0.29) is 18.0 Å². The molecule has 1 heterocycles. The van der Waals surface area contributed by atoms with Gasteiger partial charge in [0.1, 0.15) is 18.7 Å². The van der Waals surface area contributed by atoms with Crippen molar-refractivity contribution in [2.45, 2.75) is 51.2 Å². The Kier molecular flexibility index (Phi) is 9.34. The molecule has 0 aliphatic carbocycles. The van der Waals surface area contributed by atoms with E-state index < -0.39 is 6.04 Å². The topological polar surface area (TPSA) is 79.8 Å². The van der Waals surface area contributed by atoms with Crippen LogP contribution in [-0.4, -0.2) is 55.0 Å². The lowest BCUT2D eigenvalue weighted by Gasteiger charge is -2.23. The number of carbonyl (C=O) groups is 2. The summed E-state index contributed by atoms with van der Waals surface area (Å²) in [5.74, 6) is 1.57. The van der Waals surface area contributed by atoms with Gasteiger partial charge in [-0.3, -0.25) is 9.59 Å². The average Bonchev–Trinajstić information content (AvgIpc) is 3.13. The zero-order valence-electron chi connectivity index (χ0n) is 16.9. The van der Waals surface area contributed by atoms with Crippen LogP contribution in [0.1, 0.15) is 32.3 Å². The summed E-state index contributed by atoms with van der Waals surface area (Å²) in [4.78, 5) is 28.3. The zero-order chi connectivity index (χ0) is 20.4. The van der Waals surface area contributed by atoms with Crippen molar-refractivity contribution in [2.24, 2.45) is 10.9 Å². The Bertz CT molecular complexity index is 652. The van der Waals surface area contributed by atoms with Crippen LogP contribution >= 0.6 is 11.8 Å². The van der Waals surface area contributed by atoms with E-state index in [0.717, 1.165) is 18.6 Å². The number of carbonyl (C=O) groups excluding carboxylic acids is 2. The van der Waals surface area contributed by atoms with Crippen molar-refractivity contribution in [1.29, 1.82) is 0 Å². The molecule has 154 valence electrons. The maximum atomic E-state index is 12.7. The maximum Gasteiger partial charge on any atom is 0.243 e. The van der Waals surface area contributed by atoms with Gasteiger partial charge in [0, 0.05) is 0 Å². The largest absolute Gasteiger partial charge is 0.477 e. The van der Waals surface area contributed by atoms with Crippen LogP contribution in [0.3, 0.4) is 0 Å². The van der Waals surface area contributed by atoms with Crippen LogP contribution in [0.4, 0.5) is 0 Å². The monoisotopic (exact) mass is 405 g/mol. The summed E-state index contributed by atoms with van der Waals surface area (Å²) in [7, 11) is 0. The lowest BCUT2D eigenvalue weighted by atomic mass is 10.0. The number of rotatable bonds is 12. The minimum Gasteiger partial charge on any atom is -0.477 e. The number of benzene rings is 1. The molecule has 2 rings (SSSR count). The number of nitrogens with one attached hydrogen (secondary N) is 2. The fourth-order valence-electron chi connectivity index (χ4n) is 3.19. The maximum absolute atomic E-state index is 12.7. The van der Waals surface area contributed by atoms with Crippen LogP contribution in [0.25, 0.3) is 0 Å². The molecule has 1 aliphatic rings. The highest BCUT2D eigenvalue weighted by Gasteiger charge is 2.30. The minimum atomic E-state index is -0.540. The van der Waals surface area contributed by atoms with Crippen molar-refractivity contribution < 1.29 is 14.3 Å². The fourth-order valence-corrected chi connectivity index (χ4v) is 3.66. The SMILES string of the molecule is CSCC[C@H](NC=O)C(=O)N[C@@H](CC(C)C)C1=N[C@@H](Cc2ccccc2)CO1. The van der Waals surface area contributed by atoms with Crippen LogP contribution < -0.4 is 10.6 Å². The van der Waals surface area contributed by atoms with Crippen LogP contribution in [0.5, 0.6) is 0 Å². The quantitative estimate of drug-likeness (QED) is 0.524. The van der Waals surface area contributed by atoms with E-state index in [1.807, 2.05) is 24.5 Å². The van der Waals surface area contributed by atoms with Crippen molar-refractivity contribution in [2.75, 3.05) is 18.6 Å². The summed E-state index contributed by atoms with van der Waals surface area (Å²) in [6, 6.07) is 9.45. The minimum absolute atomic E-state index is 0.0596. The van der Waals surface area contributed by atoms with Gasteiger partial charge in [-0.1, -0.05) is 44.2 Å². The molecular weight excluding hydrogens is 374 g/mol. The molecule has 0 bridgehead atoms. The van der Waals surface area contributed by atoms with Crippen LogP contribution in [0.15, 0.2) is 35.3 Å². The van der Waals surface area contributed by atoms with Crippen molar-refractivity contribution in [3.8, 4) is 0 Å². The molecule has 0 saturated carbocycles. The molecule has 0 radical (unpaired) electrons. The third-order valence-electron chi connectivity index (χ3n) is 4.57. The molecule has 28 heavy (non-hydrogen) atoms. The number of hydrogen-bond donors (Lipinski definition) is 2. The number of aliphatic imine (C=N–C) groups is 1. The van der Waals surface area contributed by atoms with Crippen molar-refractivity contribution in [1.82, 2.24) is 10.6 Å². The van der Waals surface area contributed by atoms with E-state index in [2.05, 4.69) is 36.6 Å². The molecule has 7 heteroatoms. The van der Waals surface area contributed by atoms with E-state index in [4.69, 9.17) is 9.73 Å². The van der Waals surface area contributed by atoms with Crippen molar-refractivity contribution in [3.63, 3.8) is 0 Å². The van der Waals surface area contributed by atoms with Crippen LogP contribution in [-0.2, 0) is 20.7 Å². The van der Waals surface area contributed by atoms with Gasteiger partial charge in [-0.05, 0) is 42.8 Å². The van der Waals surface area contributed by atoms with Gasteiger partial charge in [-0.2, -0.15) is 11.8 Å². The molecule has 3 atom stereocenters. The number of thioether (sulfide) groups is 1. The molecule has 2 N–H and O–H groups in total. The molecule has 1 aliphatic heterocycles. The third kappa shape index (κ3) is 7.19. The number of nitrogens with zero attached hydrogens (tertiary/aromatic N) is 1. The molecule has 0 spiro atoms. The predicted octanol–water partition coefficient (Wildman–Crippen LogP) is 2.42. The Morgan fingerprint density at radius 1 is 1.36 bits per heavy atom. The molecule has 0 unspecified atom stereocenters. The summed E-state index contributed by atoms with van der Waals surface area (Å²) in [6.07, 6.45) is 4.70. The first-order valence-electron chi connectivity index (χ1n) is 9.76. The molecule has 6 nitrogen and oxygen atoms in total. The van der Waals surface area contributed by atoms with Gasteiger partial charge in [-0.25, -0.2) is 4.99 Å². The lowest BCUT2D eigenvalue weighted by Crippen LogP contribution is -2.50. The summed E-state index contributed by atoms with van der Waals surface area (Å²) in [5, 5.41) is 5.66. The predicted molar refractivity (Wildman–Crippen MR) is 115 cm³/mol. The first-order chi connectivity index (χ1) is 13.5. The Labute approximate surface area is 171 Å². The molecule has 0 saturated heterocycles. The van der Waals surface area contributed by atoms with E-state index in [0.29, 0.717) is 31.3 Å². The van der Waals surface area contributed by atoms with E-state index in [1.165, 1.54) is 5.56 Å². The number of amides is 2. The van der Waals surface area contributed by atoms with E-state index in [9.17, 15) is 9.59 Å². The molecule has 2 amide bonds. The Morgan fingerprint density at radius 2 is 2.11 bits per heavy atom. The second-order valence-corrected chi connectivity index (χ2v) is 8.42. The van der Waals surface area contributed by atoms with Gasteiger partial charge < -0.3 is 15.4 Å². The fraction of sp³-hybridized carbons (Fsp3) is 0.571. The van der Waals surface area contributed by atoms with Gasteiger partial charge in [0.25, 0.3) is 0 Å². The van der Waals surface area contributed by atoms with Crippen LogP contribution in [0.2, 0.25) is 0 Å². The number of hydrogen-bond acceptors (Lipinski definition) is 5. The smallest absolute Gasteiger partial charge is 0.243 e. The first-order valence-corrected chi connectivity index (χ1v) is 11.2. The Hall–Kier alpha value is -2.02.